The number of hydrogen-bond acceptors (Lipinski definition) is 3. The molecule has 0 aliphatic carbocycles. The van der Waals surface area contributed by atoms with Gasteiger partial charge < -0.3 is 0 Å². The van der Waals surface area contributed by atoms with Gasteiger partial charge in [0.05, 0.1) is 0 Å². The van der Waals surface area contributed by atoms with Crippen molar-refractivity contribution < 1.29 is 4.79 Å². The molecule has 0 saturated heterocycles. The third kappa shape index (κ3) is 1.56. The smallest absolute Gasteiger partial charge is 0.229 e. The fourth-order valence-corrected chi connectivity index (χ4v) is 1.91. The van der Waals surface area contributed by atoms with Gasteiger partial charge in [0.15, 0.2) is 0 Å². The van der Waals surface area contributed by atoms with Crippen molar-refractivity contribution in [3.63, 3.8) is 0 Å². The van der Waals surface area contributed by atoms with E-state index in [2.05, 4.69) is 10.2 Å². The van der Waals surface area contributed by atoms with Crippen molar-refractivity contribution in [3.8, 4) is 0 Å². The summed E-state index contributed by atoms with van der Waals surface area (Å²) in [6, 6.07) is 13.9. The maximum absolute atomic E-state index is 11.8. The van der Waals surface area contributed by atoms with Gasteiger partial charge in [-0.25, -0.2) is 0 Å². The number of hydrogen-bond donors (Lipinski definition) is 0. The summed E-state index contributed by atoms with van der Waals surface area (Å²) in [5, 5.41) is 9.99. The minimum atomic E-state index is -0.0831. The van der Waals surface area contributed by atoms with Crippen LogP contribution in [0.2, 0.25) is 0 Å². The van der Waals surface area contributed by atoms with Crippen LogP contribution in [0.15, 0.2) is 52.7 Å². The minimum Gasteiger partial charge on any atom is -0.285 e. The number of rotatable bonds is 1. The van der Waals surface area contributed by atoms with Crippen molar-refractivity contribution in [3.05, 3.63) is 48.0 Å². The number of Topliss-reactive ketones (excluding diaryl/α,β-unsaturated/α-hetero) is 1. The summed E-state index contributed by atoms with van der Waals surface area (Å²) in [4.78, 5) is 11.8. The Bertz CT molecular complexity index is 683. The average molecular weight is 222 g/mol. The molecule has 0 spiro atoms. The summed E-state index contributed by atoms with van der Waals surface area (Å²) < 4.78 is 0. The quantitative estimate of drug-likeness (QED) is 0.731. The van der Waals surface area contributed by atoms with Gasteiger partial charge in [-0.1, -0.05) is 36.4 Å². The highest BCUT2D eigenvalue weighted by atomic mass is 16.1. The lowest BCUT2D eigenvalue weighted by molar-refractivity contribution is -0.107. The van der Waals surface area contributed by atoms with Crippen molar-refractivity contribution in [2.75, 3.05) is 0 Å². The maximum atomic E-state index is 11.8. The molecule has 0 N–H and O–H groups in total. The minimum absolute atomic E-state index is 0.0831. The van der Waals surface area contributed by atoms with Crippen LogP contribution < -0.4 is 0 Å². The molecule has 17 heavy (non-hydrogen) atoms. The van der Waals surface area contributed by atoms with Crippen LogP contribution in [-0.4, -0.2) is 17.2 Å². The van der Waals surface area contributed by atoms with E-state index in [-0.39, 0.29) is 5.78 Å². The molecule has 0 bridgehead atoms. The molecule has 0 aromatic heterocycles. The highest BCUT2D eigenvalue weighted by Gasteiger charge is 2.21. The van der Waals surface area contributed by atoms with E-state index < -0.39 is 0 Å². The van der Waals surface area contributed by atoms with E-state index in [0.29, 0.717) is 11.4 Å². The van der Waals surface area contributed by atoms with Crippen LogP contribution in [0.4, 0.5) is 0 Å². The molecule has 2 aromatic carbocycles. The van der Waals surface area contributed by atoms with E-state index in [1.165, 1.54) is 0 Å². The van der Waals surface area contributed by atoms with Gasteiger partial charge in [0.2, 0.25) is 5.78 Å². The van der Waals surface area contributed by atoms with Crippen LogP contribution in [0.1, 0.15) is 12.5 Å². The Labute approximate surface area is 98.5 Å². The average Bonchev–Trinajstić information content (AvgIpc) is 2.70. The molecule has 0 fully saturated rings. The second-order valence-electron chi connectivity index (χ2n) is 4.03. The molecule has 1 aliphatic heterocycles. The lowest BCUT2D eigenvalue weighted by Gasteiger charge is -2.02. The lowest BCUT2D eigenvalue weighted by atomic mass is 10.0. The predicted octanol–water partition coefficient (Wildman–Crippen LogP) is 2.59. The van der Waals surface area contributed by atoms with E-state index in [9.17, 15) is 4.79 Å². The van der Waals surface area contributed by atoms with Crippen molar-refractivity contribution >= 4 is 28.0 Å². The summed E-state index contributed by atoms with van der Waals surface area (Å²) >= 11 is 0. The topological polar surface area (TPSA) is 41.8 Å². The zero-order chi connectivity index (χ0) is 11.8. The number of carbonyl (C=O) groups is 1. The number of nitrogens with zero attached hydrogens (tertiary/aromatic N) is 2. The van der Waals surface area contributed by atoms with Gasteiger partial charge in [-0.05, 0) is 23.8 Å². The monoisotopic (exact) mass is 222 g/mol. The number of fused-ring (bicyclic) bond motifs is 1. The van der Waals surface area contributed by atoms with Crippen LogP contribution in [0, 0.1) is 0 Å². The SMILES string of the molecule is CC1=NN=C(c2ccc3ccccc3c2)C1=O. The number of carbonyl (C=O) groups excluding carboxylic acids is 1. The number of ketones is 1. The third-order valence-corrected chi connectivity index (χ3v) is 2.87. The molecule has 0 atom stereocenters. The van der Waals surface area contributed by atoms with Crippen LogP contribution >= 0.6 is 0 Å². The fourth-order valence-electron chi connectivity index (χ4n) is 1.91. The van der Waals surface area contributed by atoms with Crippen molar-refractivity contribution in [1.82, 2.24) is 0 Å². The van der Waals surface area contributed by atoms with E-state index in [4.69, 9.17) is 0 Å². The molecule has 3 rings (SSSR count). The maximum Gasteiger partial charge on any atom is 0.229 e. The summed E-state index contributed by atoms with van der Waals surface area (Å²) in [7, 11) is 0. The highest BCUT2D eigenvalue weighted by molar-refractivity contribution is 6.70. The Morgan fingerprint density at radius 1 is 0.941 bits per heavy atom. The molecule has 0 unspecified atom stereocenters. The Morgan fingerprint density at radius 3 is 2.41 bits per heavy atom. The van der Waals surface area contributed by atoms with Gasteiger partial charge in [0.25, 0.3) is 0 Å². The first-order valence-corrected chi connectivity index (χ1v) is 5.42. The highest BCUT2D eigenvalue weighted by Crippen LogP contribution is 2.18. The zero-order valence-electron chi connectivity index (χ0n) is 9.34. The Balaban J connectivity index is 2.11. The Kier molecular flexibility index (Phi) is 2.11. The normalized spacial score (nSPS) is 15.0. The van der Waals surface area contributed by atoms with Crippen LogP contribution in [0.3, 0.4) is 0 Å². The fraction of sp³-hybridized carbons (Fsp3) is 0.0714. The second-order valence-corrected chi connectivity index (χ2v) is 4.03. The van der Waals surface area contributed by atoms with Crippen LogP contribution in [-0.2, 0) is 4.79 Å². The van der Waals surface area contributed by atoms with Crippen molar-refractivity contribution in [1.29, 1.82) is 0 Å². The van der Waals surface area contributed by atoms with Crippen molar-refractivity contribution in [2.24, 2.45) is 10.2 Å². The zero-order valence-corrected chi connectivity index (χ0v) is 9.34. The van der Waals surface area contributed by atoms with Crippen molar-refractivity contribution in [2.45, 2.75) is 6.92 Å². The van der Waals surface area contributed by atoms with Crippen LogP contribution in [0.25, 0.3) is 10.8 Å². The second kappa shape index (κ2) is 3.63. The van der Waals surface area contributed by atoms with Gasteiger partial charge in [0.1, 0.15) is 11.4 Å². The largest absolute Gasteiger partial charge is 0.285 e. The molecular weight excluding hydrogens is 212 g/mol. The van der Waals surface area contributed by atoms with Gasteiger partial charge in [-0.3, -0.25) is 4.79 Å². The molecule has 0 amide bonds. The first kappa shape index (κ1) is 9.90. The molecule has 3 heteroatoms. The van der Waals surface area contributed by atoms with E-state index in [0.717, 1.165) is 16.3 Å². The van der Waals surface area contributed by atoms with Gasteiger partial charge in [0, 0.05) is 5.56 Å². The van der Waals surface area contributed by atoms with E-state index in [1.54, 1.807) is 6.92 Å². The Morgan fingerprint density at radius 2 is 1.71 bits per heavy atom. The first-order valence-electron chi connectivity index (χ1n) is 5.42. The molecule has 82 valence electrons. The molecule has 2 aromatic rings. The molecule has 1 aliphatic rings. The third-order valence-electron chi connectivity index (χ3n) is 2.87. The summed E-state index contributed by atoms with van der Waals surface area (Å²) in [5.74, 6) is -0.0831. The summed E-state index contributed by atoms with van der Waals surface area (Å²) in [6.07, 6.45) is 0. The molecule has 1 heterocycles. The van der Waals surface area contributed by atoms with Gasteiger partial charge >= 0.3 is 0 Å². The molecule has 0 radical (unpaired) electrons. The molecule has 3 nitrogen and oxygen atoms in total. The number of benzene rings is 2. The lowest BCUT2D eigenvalue weighted by Crippen LogP contribution is -2.17. The van der Waals surface area contributed by atoms with Gasteiger partial charge in [-0.15, -0.1) is 5.10 Å². The molecule has 0 saturated carbocycles. The predicted molar refractivity (Wildman–Crippen MR) is 68.6 cm³/mol. The summed E-state index contributed by atoms with van der Waals surface area (Å²) in [6.45, 7) is 1.68. The van der Waals surface area contributed by atoms with Gasteiger partial charge in [-0.2, -0.15) is 5.10 Å². The standard InChI is InChI=1S/C14H10N2O/c1-9-14(17)13(16-15-9)12-7-6-10-4-2-3-5-11(10)8-12/h2-8H,1H3. The van der Waals surface area contributed by atoms with E-state index >= 15 is 0 Å². The molecular formula is C14H10N2O. The summed E-state index contributed by atoms with van der Waals surface area (Å²) in [5.41, 5.74) is 1.72. The van der Waals surface area contributed by atoms with Crippen LogP contribution in [0.5, 0.6) is 0 Å². The first-order chi connectivity index (χ1) is 8.25. The van der Waals surface area contributed by atoms with E-state index in [1.807, 2.05) is 42.5 Å². The Hall–Kier alpha value is -2.29.